The molecule has 0 bridgehead atoms. The number of amides is 3. The van der Waals surface area contributed by atoms with Crippen molar-refractivity contribution in [3.05, 3.63) is 18.2 Å². The summed E-state index contributed by atoms with van der Waals surface area (Å²) < 4.78 is 1.99. The van der Waals surface area contributed by atoms with E-state index in [-0.39, 0.29) is 17.9 Å². The number of aromatic nitrogens is 2. The average Bonchev–Trinajstić information content (AvgIpc) is 3.05. The predicted octanol–water partition coefficient (Wildman–Crippen LogP) is 0.396. The van der Waals surface area contributed by atoms with Crippen LogP contribution in [-0.2, 0) is 11.8 Å². The summed E-state index contributed by atoms with van der Waals surface area (Å²) in [4.78, 5) is 31.5. The zero-order valence-electron chi connectivity index (χ0n) is 13.0. The maximum absolute atomic E-state index is 12.2. The van der Waals surface area contributed by atoms with Gasteiger partial charge in [0.25, 0.3) is 0 Å². The van der Waals surface area contributed by atoms with E-state index in [9.17, 15) is 9.59 Å². The number of likely N-dealkylation sites (tertiary alicyclic amines) is 1. The minimum absolute atomic E-state index is 0.108. The minimum atomic E-state index is -0.514. The summed E-state index contributed by atoms with van der Waals surface area (Å²) in [5, 5.41) is 2.75. The molecular formula is C14H23N5O2. The molecule has 0 aromatic carbocycles. The van der Waals surface area contributed by atoms with Crippen molar-refractivity contribution in [3.8, 4) is 0 Å². The highest BCUT2D eigenvalue weighted by Crippen LogP contribution is 2.25. The van der Waals surface area contributed by atoms with Crippen LogP contribution >= 0.6 is 0 Å². The summed E-state index contributed by atoms with van der Waals surface area (Å²) in [6, 6.07) is -0.700. The van der Waals surface area contributed by atoms with Crippen LogP contribution in [0.25, 0.3) is 0 Å². The molecule has 1 aliphatic rings. The summed E-state index contributed by atoms with van der Waals surface area (Å²) in [6.07, 6.45) is 4.58. The number of nitrogens with zero attached hydrogens (tertiary/aromatic N) is 4. The van der Waals surface area contributed by atoms with Crippen molar-refractivity contribution < 1.29 is 9.59 Å². The Morgan fingerprint density at radius 1 is 1.48 bits per heavy atom. The molecule has 0 aliphatic carbocycles. The molecule has 7 heteroatoms. The largest absolute Gasteiger partial charge is 0.347 e. The number of hydrogen-bond acceptors (Lipinski definition) is 3. The van der Waals surface area contributed by atoms with Crippen LogP contribution in [0.3, 0.4) is 0 Å². The molecule has 1 aliphatic heterocycles. The third kappa shape index (κ3) is 3.34. The second-order valence-electron chi connectivity index (χ2n) is 5.73. The number of hydrogen-bond donors (Lipinski definition) is 1. The number of carbonyl (C=O) groups is 2. The number of imidazole rings is 1. The van der Waals surface area contributed by atoms with Gasteiger partial charge in [0, 0.05) is 52.5 Å². The van der Waals surface area contributed by atoms with Gasteiger partial charge in [-0.25, -0.2) is 9.78 Å². The quantitative estimate of drug-likeness (QED) is 0.876. The zero-order chi connectivity index (χ0) is 15.6. The lowest BCUT2D eigenvalue weighted by Gasteiger charge is -2.22. The Labute approximate surface area is 124 Å². The van der Waals surface area contributed by atoms with E-state index in [0.717, 1.165) is 12.2 Å². The van der Waals surface area contributed by atoms with E-state index in [1.54, 1.807) is 32.1 Å². The number of carbonyl (C=O) groups excluding carboxylic acids is 2. The minimum Gasteiger partial charge on any atom is -0.347 e. The predicted molar refractivity (Wildman–Crippen MR) is 78.8 cm³/mol. The molecule has 7 nitrogen and oxygen atoms in total. The Balaban J connectivity index is 1.91. The molecule has 2 atom stereocenters. The lowest BCUT2D eigenvalue weighted by molar-refractivity contribution is -0.130. The molecule has 2 unspecified atom stereocenters. The first-order valence-electron chi connectivity index (χ1n) is 7.14. The highest BCUT2D eigenvalue weighted by molar-refractivity contribution is 5.86. The van der Waals surface area contributed by atoms with E-state index in [4.69, 9.17) is 0 Å². The summed E-state index contributed by atoms with van der Waals surface area (Å²) in [5.74, 6) is 1.15. The van der Waals surface area contributed by atoms with Crippen molar-refractivity contribution in [2.45, 2.75) is 25.3 Å². The number of urea groups is 1. The van der Waals surface area contributed by atoms with Gasteiger partial charge >= 0.3 is 6.03 Å². The first kappa shape index (κ1) is 15.3. The van der Waals surface area contributed by atoms with Gasteiger partial charge in [-0.2, -0.15) is 0 Å². The van der Waals surface area contributed by atoms with Gasteiger partial charge in [0.05, 0.1) is 0 Å². The van der Waals surface area contributed by atoms with Crippen molar-refractivity contribution in [3.63, 3.8) is 0 Å². The Bertz CT molecular complexity index is 525. The SMILES string of the molecule is CC(NC(=O)N1CCC(c2nccn2C)C1)C(=O)N(C)C. The van der Waals surface area contributed by atoms with Crippen molar-refractivity contribution in [1.29, 1.82) is 0 Å². The standard InChI is InChI=1S/C14H23N5O2/c1-10(13(20)17(2)3)16-14(21)19-7-5-11(9-19)12-15-6-8-18(12)4/h6,8,10-11H,5,7,9H2,1-4H3,(H,16,21). The van der Waals surface area contributed by atoms with E-state index in [0.29, 0.717) is 13.1 Å². The smallest absolute Gasteiger partial charge is 0.318 e. The number of likely N-dealkylation sites (N-methyl/N-ethyl adjacent to an activating group) is 1. The molecule has 1 saturated heterocycles. The molecular weight excluding hydrogens is 270 g/mol. The van der Waals surface area contributed by atoms with Gasteiger partial charge < -0.3 is 19.7 Å². The molecule has 1 N–H and O–H groups in total. The van der Waals surface area contributed by atoms with Crippen LogP contribution in [0, 0.1) is 0 Å². The van der Waals surface area contributed by atoms with E-state index in [1.807, 2.05) is 17.8 Å². The topological polar surface area (TPSA) is 70.5 Å². The number of nitrogens with one attached hydrogen (secondary N) is 1. The van der Waals surface area contributed by atoms with Crippen molar-refractivity contribution >= 4 is 11.9 Å². The fraction of sp³-hybridized carbons (Fsp3) is 0.643. The molecule has 0 radical (unpaired) electrons. The molecule has 21 heavy (non-hydrogen) atoms. The summed E-state index contributed by atoms with van der Waals surface area (Å²) in [7, 11) is 5.32. The fourth-order valence-electron chi connectivity index (χ4n) is 2.65. The normalized spacial score (nSPS) is 19.4. The second-order valence-corrected chi connectivity index (χ2v) is 5.73. The molecule has 2 rings (SSSR count). The van der Waals surface area contributed by atoms with Gasteiger partial charge in [0.1, 0.15) is 11.9 Å². The Kier molecular flexibility index (Phi) is 4.50. The van der Waals surface area contributed by atoms with Crippen LogP contribution < -0.4 is 5.32 Å². The van der Waals surface area contributed by atoms with Gasteiger partial charge in [-0.1, -0.05) is 0 Å². The number of aryl methyl sites for hydroxylation is 1. The van der Waals surface area contributed by atoms with Crippen LogP contribution in [0.2, 0.25) is 0 Å². The van der Waals surface area contributed by atoms with Crippen LogP contribution in [0.1, 0.15) is 25.1 Å². The summed E-state index contributed by atoms with van der Waals surface area (Å²) in [6.45, 7) is 3.03. The van der Waals surface area contributed by atoms with Crippen LogP contribution in [-0.4, -0.2) is 64.5 Å². The Hall–Kier alpha value is -2.05. The maximum Gasteiger partial charge on any atom is 0.318 e. The molecule has 3 amide bonds. The maximum atomic E-state index is 12.2. The second kappa shape index (κ2) is 6.15. The highest BCUT2D eigenvalue weighted by Gasteiger charge is 2.30. The van der Waals surface area contributed by atoms with Gasteiger partial charge in [-0.05, 0) is 13.3 Å². The first-order chi connectivity index (χ1) is 9.90. The van der Waals surface area contributed by atoms with Crippen molar-refractivity contribution in [2.75, 3.05) is 27.2 Å². The number of rotatable bonds is 3. The molecule has 0 saturated carbocycles. The van der Waals surface area contributed by atoms with E-state index >= 15 is 0 Å². The Morgan fingerprint density at radius 3 is 2.76 bits per heavy atom. The van der Waals surface area contributed by atoms with E-state index in [2.05, 4.69) is 10.3 Å². The first-order valence-corrected chi connectivity index (χ1v) is 7.14. The zero-order valence-corrected chi connectivity index (χ0v) is 13.0. The molecule has 0 spiro atoms. The fourth-order valence-corrected chi connectivity index (χ4v) is 2.65. The monoisotopic (exact) mass is 293 g/mol. The van der Waals surface area contributed by atoms with E-state index < -0.39 is 6.04 Å². The molecule has 1 aromatic rings. The molecule has 1 fully saturated rings. The van der Waals surface area contributed by atoms with Crippen LogP contribution in [0.4, 0.5) is 4.79 Å². The third-order valence-electron chi connectivity index (χ3n) is 3.85. The van der Waals surface area contributed by atoms with Crippen molar-refractivity contribution in [2.24, 2.45) is 7.05 Å². The summed E-state index contributed by atoms with van der Waals surface area (Å²) in [5.41, 5.74) is 0. The van der Waals surface area contributed by atoms with Gasteiger partial charge in [-0.3, -0.25) is 4.79 Å². The van der Waals surface area contributed by atoms with Gasteiger partial charge in [0.15, 0.2) is 0 Å². The van der Waals surface area contributed by atoms with Gasteiger partial charge in [0.2, 0.25) is 5.91 Å². The average molecular weight is 293 g/mol. The van der Waals surface area contributed by atoms with Crippen LogP contribution in [0.5, 0.6) is 0 Å². The molecule has 116 valence electrons. The van der Waals surface area contributed by atoms with Gasteiger partial charge in [-0.15, -0.1) is 0 Å². The Morgan fingerprint density at radius 2 is 2.19 bits per heavy atom. The van der Waals surface area contributed by atoms with Crippen LogP contribution in [0.15, 0.2) is 12.4 Å². The highest BCUT2D eigenvalue weighted by atomic mass is 16.2. The van der Waals surface area contributed by atoms with E-state index in [1.165, 1.54) is 4.90 Å². The summed E-state index contributed by atoms with van der Waals surface area (Å²) >= 11 is 0. The molecule has 2 heterocycles. The lowest BCUT2D eigenvalue weighted by atomic mass is 10.1. The van der Waals surface area contributed by atoms with Crippen molar-refractivity contribution in [1.82, 2.24) is 24.7 Å². The molecule has 1 aromatic heterocycles. The third-order valence-corrected chi connectivity index (χ3v) is 3.85. The lowest BCUT2D eigenvalue weighted by Crippen LogP contribution is -2.49.